The molecule has 90 valence electrons. The average Bonchev–Trinajstić information content (AvgIpc) is 2.30. The van der Waals surface area contributed by atoms with E-state index in [1.807, 2.05) is 6.08 Å². The molecule has 0 aromatic heterocycles. The number of aliphatic carboxylic acids is 1. The minimum atomic E-state index is -0.866. The number of hydrogen-bond acceptors (Lipinski definition) is 2. The zero-order valence-electron chi connectivity index (χ0n) is 10.0. The Balaban J connectivity index is 2.59. The molecule has 0 amide bonds. The van der Waals surface area contributed by atoms with Gasteiger partial charge in [-0.15, -0.1) is 0 Å². The Bertz CT molecular complexity index is 304. The molecule has 0 aliphatic heterocycles. The second-order valence-electron chi connectivity index (χ2n) is 4.23. The molecular weight excluding hydrogens is 204 g/mol. The number of unbranched alkanes of at least 4 members (excludes halogenated alkanes) is 2. The van der Waals surface area contributed by atoms with E-state index in [4.69, 9.17) is 9.84 Å². The molecule has 1 rings (SSSR count). The summed E-state index contributed by atoms with van der Waals surface area (Å²) in [5, 5.41) is 8.83. The maximum absolute atomic E-state index is 10.8. The van der Waals surface area contributed by atoms with Crippen LogP contribution in [0.3, 0.4) is 0 Å². The van der Waals surface area contributed by atoms with Crippen LogP contribution in [0.15, 0.2) is 23.8 Å². The van der Waals surface area contributed by atoms with Crippen LogP contribution < -0.4 is 0 Å². The summed E-state index contributed by atoms with van der Waals surface area (Å²) in [6.07, 6.45) is 10.4. The van der Waals surface area contributed by atoms with Gasteiger partial charge in [-0.2, -0.15) is 0 Å². The van der Waals surface area contributed by atoms with Crippen LogP contribution in [0.4, 0.5) is 0 Å². The summed E-state index contributed by atoms with van der Waals surface area (Å²) in [6.45, 7) is 2.17. The van der Waals surface area contributed by atoms with Crippen molar-refractivity contribution in [2.45, 2.75) is 44.6 Å². The molecule has 3 heteroatoms. The third-order valence-electron chi connectivity index (χ3n) is 3.09. The minimum absolute atomic E-state index is 0.284. The zero-order valence-corrected chi connectivity index (χ0v) is 10.0. The summed E-state index contributed by atoms with van der Waals surface area (Å²) in [7, 11) is 1.69. The number of hydrogen-bond donors (Lipinski definition) is 1. The van der Waals surface area contributed by atoms with Crippen molar-refractivity contribution in [3.63, 3.8) is 0 Å². The highest BCUT2D eigenvalue weighted by molar-refractivity contribution is 5.90. The molecule has 0 heterocycles. The van der Waals surface area contributed by atoms with Crippen LogP contribution in [-0.2, 0) is 9.53 Å². The maximum Gasteiger partial charge on any atom is 0.335 e. The molecule has 0 saturated carbocycles. The molecule has 0 aromatic carbocycles. The van der Waals surface area contributed by atoms with Crippen LogP contribution in [0.25, 0.3) is 0 Å². The van der Waals surface area contributed by atoms with E-state index in [-0.39, 0.29) is 5.60 Å². The van der Waals surface area contributed by atoms with Gasteiger partial charge >= 0.3 is 5.97 Å². The lowest BCUT2D eigenvalue weighted by Gasteiger charge is -2.30. The molecule has 1 atom stereocenters. The standard InChI is InChI=1S/C13H20O3/c1-3-4-5-8-13(16-2)9-6-11(7-10-13)12(14)15/h6-7,9H,3-5,8,10H2,1-2H3,(H,14,15). The summed E-state index contributed by atoms with van der Waals surface area (Å²) in [5.74, 6) is -0.866. The second-order valence-corrected chi connectivity index (χ2v) is 4.23. The lowest BCUT2D eigenvalue weighted by molar-refractivity contribution is -0.132. The number of carboxylic acids is 1. The lowest BCUT2D eigenvalue weighted by atomic mass is 9.87. The molecule has 1 aliphatic carbocycles. The van der Waals surface area contributed by atoms with Gasteiger partial charge in [-0.1, -0.05) is 38.3 Å². The van der Waals surface area contributed by atoms with Crippen LogP contribution in [0.2, 0.25) is 0 Å². The number of rotatable bonds is 6. The summed E-state index contributed by atoms with van der Waals surface area (Å²) in [5.41, 5.74) is 0.0804. The molecule has 1 unspecified atom stereocenters. The molecule has 1 N–H and O–H groups in total. The zero-order chi connectivity index (χ0) is 12.0. The average molecular weight is 224 g/mol. The van der Waals surface area contributed by atoms with Gasteiger partial charge in [0.1, 0.15) is 0 Å². The molecule has 0 radical (unpaired) electrons. The van der Waals surface area contributed by atoms with Gasteiger partial charge in [0.15, 0.2) is 0 Å². The first kappa shape index (κ1) is 13.0. The predicted octanol–water partition coefficient (Wildman–Crippen LogP) is 2.92. The van der Waals surface area contributed by atoms with E-state index in [2.05, 4.69) is 6.92 Å². The van der Waals surface area contributed by atoms with Crippen molar-refractivity contribution in [3.8, 4) is 0 Å². The van der Waals surface area contributed by atoms with E-state index in [1.165, 1.54) is 12.8 Å². The fourth-order valence-electron chi connectivity index (χ4n) is 1.93. The van der Waals surface area contributed by atoms with Gasteiger partial charge in [0, 0.05) is 7.11 Å². The SMILES string of the molecule is CCCCCC1(OC)C=CC(C(=O)O)=CC1. The lowest BCUT2D eigenvalue weighted by Crippen LogP contribution is -2.30. The summed E-state index contributed by atoms with van der Waals surface area (Å²) < 4.78 is 5.53. The Morgan fingerprint density at radius 2 is 2.31 bits per heavy atom. The van der Waals surface area contributed by atoms with Crippen LogP contribution >= 0.6 is 0 Å². The number of carboxylic acid groups (broad SMARTS) is 1. The highest BCUT2D eigenvalue weighted by Crippen LogP contribution is 2.29. The summed E-state index contributed by atoms with van der Waals surface area (Å²) in [4.78, 5) is 10.8. The fourth-order valence-corrected chi connectivity index (χ4v) is 1.93. The number of carbonyl (C=O) groups is 1. The van der Waals surface area contributed by atoms with Gasteiger partial charge in [-0.05, 0) is 18.9 Å². The smallest absolute Gasteiger partial charge is 0.335 e. The monoisotopic (exact) mass is 224 g/mol. The summed E-state index contributed by atoms with van der Waals surface area (Å²) >= 11 is 0. The number of methoxy groups -OCH3 is 1. The molecule has 0 saturated heterocycles. The van der Waals surface area contributed by atoms with Gasteiger partial charge in [0.2, 0.25) is 0 Å². The number of ether oxygens (including phenoxy) is 1. The molecule has 3 nitrogen and oxygen atoms in total. The molecule has 0 bridgehead atoms. The highest BCUT2D eigenvalue weighted by Gasteiger charge is 2.28. The van der Waals surface area contributed by atoms with Gasteiger partial charge < -0.3 is 9.84 Å². The van der Waals surface area contributed by atoms with Crippen molar-refractivity contribution in [2.75, 3.05) is 7.11 Å². The quantitative estimate of drug-likeness (QED) is 0.706. The normalized spacial score (nSPS) is 24.2. The molecule has 1 aliphatic rings. The van der Waals surface area contributed by atoms with Crippen molar-refractivity contribution >= 4 is 5.97 Å². The third kappa shape index (κ3) is 3.20. The van der Waals surface area contributed by atoms with E-state index in [9.17, 15) is 4.79 Å². The van der Waals surface area contributed by atoms with Crippen LogP contribution in [0, 0.1) is 0 Å². The van der Waals surface area contributed by atoms with Crippen molar-refractivity contribution < 1.29 is 14.6 Å². The van der Waals surface area contributed by atoms with Crippen LogP contribution in [0.5, 0.6) is 0 Å². The maximum atomic E-state index is 10.8. The third-order valence-corrected chi connectivity index (χ3v) is 3.09. The van der Waals surface area contributed by atoms with E-state index >= 15 is 0 Å². The van der Waals surface area contributed by atoms with Crippen molar-refractivity contribution in [2.24, 2.45) is 0 Å². The largest absolute Gasteiger partial charge is 0.478 e. The first-order valence-corrected chi connectivity index (χ1v) is 5.81. The first-order valence-electron chi connectivity index (χ1n) is 5.81. The summed E-state index contributed by atoms with van der Waals surface area (Å²) in [6, 6.07) is 0. The van der Waals surface area contributed by atoms with Gasteiger partial charge in [0.25, 0.3) is 0 Å². The molecule has 16 heavy (non-hydrogen) atoms. The molecule has 0 fully saturated rings. The molecular formula is C13H20O3. The topological polar surface area (TPSA) is 46.5 Å². The van der Waals surface area contributed by atoms with E-state index in [0.29, 0.717) is 12.0 Å². The Hall–Kier alpha value is -1.09. The van der Waals surface area contributed by atoms with Crippen molar-refractivity contribution in [1.29, 1.82) is 0 Å². The first-order chi connectivity index (χ1) is 7.63. The van der Waals surface area contributed by atoms with Crippen LogP contribution in [0.1, 0.15) is 39.0 Å². The van der Waals surface area contributed by atoms with E-state index < -0.39 is 5.97 Å². The van der Waals surface area contributed by atoms with Gasteiger partial charge in [0.05, 0.1) is 11.2 Å². The van der Waals surface area contributed by atoms with Gasteiger partial charge in [-0.25, -0.2) is 4.79 Å². The highest BCUT2D eigenvalue weighted by atomic mass is 16.5. The molecule has 0 aromatic rings. The van der Waals surface area contributed by atoms with E-state index in [1.54, 1.807) is 19.3 Å². The Morgan fingerprint density at radius 1 is 1.56 bits per heavy atom. The van der Waals surface area contributed by atoms with E-state index in [0.717, 1.165) is 12.8 Å². The predicted molar refractivity (Wildman–Crippen MR) is 63.4 cm³/mol. The van der Waals surface area contributed by atoms with Crippen LogP contribution in [-0.4, -0.2) is 23.8 Å². The van der Waals surface area contributed by atoms with Crippen molar-refractivity contribution in [1.82, 2.24) is 0 Å². The fraction of sp³-hybridized carbons (Fsp3) is 0.615. The Morgan fingerprint density at radius 3 is 2.75 bits per heavy atom. The minimum Gasteiger partial charge on any atom is -0.478 e. The Kier molecular flexibility index (Phi) is 4.74. The molecule has 0 spiro atoms. The van der Waals surface area contributed by atoms with Crippen molar-refractivity contribution in [3.05, 3.63) is 23.8 Å². The second kappa shape index (κ2) is 5.85. The van der Waals surface area contributed by atoms with Gasteiger partial charge in [-0.3, -0.25) is 0 Å². The Labute approximate surface area is 96.8 Å².